The molecule has 0 aliphatic carbocycles. The molecule has 0 fully saturated rings. The third kappa shape index (κ3) is 2.92. The van der Waals surface area contributed by atoms with Gasteiger partial charge in [0.2, 0.25) is 0 Å². The molecule has 0 N–H and O–H groups in total. The van der Waals surface area contributed by atoms with Crippen molar-refractivity contribution in [3.63, 3.8) is 0 Å². The fourth-order valence-electron chi connectivity index (χ4n) is 0.950. The van der Waals surface area contributed by atoms with Crippen LogP contribution in [0.5, 0.6) is 0 Å². The van der Waals surface area contributed by atoms with Crippen LogP contribution in [0.3, 0.4) is 0 Å². The van der Waals surface area contributed by atoms with Gasteiger partial charge in [0.05, 0.1) is 4.92 Å². The number of alkyl halides is 1. The van der Waals surface area contributed by atoms with E-state index in [1.807, 2.05) is 6.08 Å². The summed E-state index contributed by atoms with van der Waals surface area (Å²) < 4.78 is 0. The number of aromatic nitrogens is 1. The molecule has 0 aromatic carbocycles. The summed E-state index contributed by atoms with van der Waals surface area (Å²) in [6, 6.07) is 3.00. The lowest BCUT2D eigenvalue weighted by Crippen LogP contribution is -1.93. The number of halogens is 1. The predicted octanol–water partition coefficient (Wildman–Crippen LogP) is 2.79. The van der Waals surface area contributed by atoms with Gasteiger partial charge < -0.3 is 0 Å². The van der Waals surface area contributed by atoms with Crippen molar-refractivity contribution in [2.45, 2.75) is 6.42 Å². The number of rotatable bonds is 4. The molecule has 0 atom stereocenters. The number of nitrogens with zero attached hydrogens (tertiary/aromatic N) is 2. The first-order chi connectivity index (χ1) is 6.75. The SMILES string of the molecule is O=[N+]([O-])c1cccnc1C=CCCBr. The van der Waals surface area contributed by atoms with Gasteiger partial charge >= 0.3 is 0 Å². The van der Waals surface area contributed by atoms with Crippen molar-refractivity contribution in [3.05, 3.63) is 40.2 Å². The Morgan fingerprint density at radius 1 is 1.64 bits per heavy atom. The zero-order chi connectivity index (χ0) is 10.4. The predicted molar refractivity (Wildman–Crippen MR) is 58.3 cm³/mol. The molecule has 74 valence electrons. The Balaban J connectivity index is 2.90. The van der Waals surface area contributed by atoms with Crippen molar-refractivity contribution < 1.29 is 4.92 Å². The molecule has 0 saturated carbocycles. The van der Waals surface area contributed by atoms with Crippen LogP contribution in [0, 0.1) is 10.1 Å². The summed E-state index contributed by atoms with van der Waals surface area (Å²) in [4.78, 5) is 14.1. The molecule has 0 saturated heterocycles. The summed E-state index contributed by atoms with van der Waals surface area (Å²) in [5, 5.41) is 11.4. The van der Waals surface area contributed by atoms with Crippen LogP contribution in [0.1, 0.15) is 12.1 Å². The first kappa shape index (κ1) is 10.8. The molecule has 5 heteroatoms. The van der Waals surface area contributed by atoms with E-state index in [-0.39, 0.29) is 5.69 Å². The van der Waals surface area contributed by atoms with Gasteiger partial charge in [-0.2, -0.15) is 0 Å². The van der Waals surface area contributed by atoms with Gasteiger partial charge in [-0.1, -0.05) is 22.0 Å². The van der Waals surface area contributed by atoms with Gasteiger partial charge in [-0.3, -0.25) is 10.1 Å². The van der Waals surface area contributed by atoms with Crippen LogP contribution in [0.2, 0.25) is 0 Å². The topological polar surface area (TPSA) is 56.0 Å². The van der Waals surface area contributed by atoms with Gasteiger partial charge in [0, 0.05) is 17.6 Å². The van der Waals surface area contributed by atoms with Crippen molar-refractivity contribution >= 4 is 27.7 Å². The molecule has 0 aliphatic rings. The molecule has 0 spiro atoms. The van der Waals surface area contributed by atoms with E-state index in [9.17, 15) is 10.1 Å². The fraction of sp³-hybridized carbons (Fsp3) is 0.222. The lowest BCUT2D eigenvalue weighted by atomic mass is 10.2. The van der Waals surface area contributed by atoms with Gasteiger partial charge in [-0.05, 0) is 18.6 Å². The number of hydrogen-bond acceptors (Lipinski definition) is 3. The quantitative estimate of drug-likeness (QED) is 0.473. The van der Waals surface area contributed by atoms with E-state index in [0.29, 0.717) is 5.69 Å². The van der Waals surface area contributed by atoms with Crippen molar-refractivity contribution in [3.8, 4) is 0 Å². The second-order valence-electron chi connectivity index (χ2n) is 2.54. The minimum atomic E-state index is -0.430. The molecular formula is C9H9BrN2O2. The summed E-state index contributed by atoms with van der Waals surface area (Å²) in [6.45, 7) is 0. The highest BCUT2D eigenvalue weighted by molar-refractivity contribution is 9.09. The van der Waals surface area contributed by atoms with Crippen LogP contribution in [0.15, 0.2) is 24.4 Å². The number of pyridine rings is 1. The zero-order valence-electron chi connectivity index (χ0n) is 7.39. The highest BCUT2D eigenvalue weighted by Crippen LogP contribution is 2.16. The first-order valence-corrected chi connectivity index (χ1v) is 5.19. The molecule has 0 radical (unpaired) electrons. The van der Waals surface area contributed by atoms with Crippen molar-refractivity contribution in [1.29, 1.82) is 0 Å². The van der Waals surface area contributed by atoms with Crippen LogP contribution < -0.4 is 0 Å². The largest absolute Gasteiger partial charge is 0.294 e. The van der Waals surface area contributed by atoms with E-state index in [1.54, 1.807) is 18.3 Å². The monoisotopic (exact) mass is 256 g/mol. The van der Waals surface area contributed by atoms with E-state index >= 15 is 0 Å². The second kappa shape index (κ2) is 5.49. The maximum Gasteiger partial charge on any atom is 0.294 e. The molecule has 1 rings (SSSR count). The summed E-state index contributed by atoms with van der Waals surface area (Å²) in [5.74, 6) is 0. The highest BCUT2D eigenvalue weighted by atomic mass is 79.9. The van der Waals surface area contributed by atoms with E-state index in [0.717, 1.165) is 11.8 Å². The summed E-state index contributed by atoms with van der Waals surface area (Å²) >= 11 is 3.26. The summed E-state index contributed by atoms with van der Waals surface area (Å²) in [5.41, 5.74) is 0.441. The Hall–Kier alpha value is -1.23. The maximum absolute atomic E-state index is 10.6. The van der Waals surface area contributed by atoms with Gasteiger partial charge in [-0.25, -0.2) is 4.98 Å². The minimum Gasteiger partial charge on any atom is -0.258 e. The van der Waals surface area contributed by atoms with Crippen LogP contribution in [0.25, 0.3) is 6.08 Å². The van der Waals surface area contributed by atoms with E-state index in [1.165, 1.54) is 6.07 Å². The molecule has 1 heterocycles. The normalized spacial score (nSPS) is 10.6. The van der Waals surface area contributed by atoms with E-state index in [2.05, 4.69) is 20.9 Å². The van der Waals surface area contributed by atoms with Crippen molar-refractivity contribution in [1.82, 2.24) is 4.98 Å². The Morgan fingerprint density at radius 2 is 2.43 bits per heavy atom. The smallest absolute Gasteiger partial charge is 0.258 e. The van der Waals surface area contributed by atoms with Gasteiger partial charge in [0.25, 0.3) is 5.69 Å². The molecule has 1 aromatic rings. The van der Waals surface area contributed by atoms with Crippen molar-refractivity contribution in [2.75, 3.05) is 5.33 Å². The van der Waals surface area contributed by atoms with Gasteiger partial charge in [0.1, 0.15) is 5.69 Å². The third-order valence-corrected chi connectivity index (χ3v) is 2.02. The number of nitro groups is 1. The van der Waals surface area contributed by atoms with Crippen LogP contribution >= 0.6 is 15.9 Å². The Bertz CT molecular complexity index is 352. The van der Waals surface area contributed by atoms with Gasteiger partial charge in [0.15, 0.2) is 0 Å². The molecule has 14 heavy (non-hydrogen) atoms. The average molecular weight is 257 g/mol. The Morgan fingerprint density at radius 3 is 3.07 bits per heavy atom. The van der Waals surface area contributed by atoms with Crippen LogP contribution in [-0.2, 0) is 0 Å². The fourth-order valence-corrected chi connectivity index (χ4v) is 1.21. The lowest BCUT2D eigenvalue weighted by molar-refractivity contribution is -0.385. The Kier molecular flexibility index (Phi) is 4.25. The first-order valence-electron chi connectivity index (χ1n) is 4.07. The Labute approximate surface area is 89.9 Å². The summed E-state index contributed by atoms with van der Waals surface area (Å²) in [6.07, 6.45) is 5.89. The summed E-state index contributed by atoms with van der Waals surface area (Å²) in [7, 11) is 0. The molecule has 0 unspecified atom stereocenters. The molecule has 1 aromatic heterocycles. The van der Waals surface area contributed by atoms with Crippen LogP contribution in [0.4, 0.5) is 5.69 Å². The van der Waals surface area contributed by atoms with E-state index in [4.69, 9.17) is 0 Å². The van der Waals surface area contributed by atoms with E-state index < -0.39 is 4.92 Å². The van der Waals surface area contributed by atoms with Gasteiger partial charge in [-0.15, -0.1) is 0 Å². The average Bonchev–Trinajstić information content (AvgIpc) is 2.19. The maximum atomic E-state index is 10.6. The molecular weight excluding hydrogens is 248 g/mol. The zero-order valence-corrected chi connectivity index (χ0v) is 8.98. The minimum absolute atomic E-state index is 0.0401. The third-order valence-electron chi connectivity index (χ3n) is 1.56. The number of allylic oxidation sites excluding steroid dienone is 1. The lowest BCUT2D eigenvalue weighted by Gasteiger charge is -1.94. The molecule has 0 aliphatic heterocycles. The number of hydrogen-bond donors (Lipinski definition) is 0. The van der Waals surface area contributed by atoms with Crippen LogP contribution in [-0.4, -0.2) is 15.2 Å². The molecule has 4 nitrogen and oxygen atoms in total. The standard InChI is InChI=1S/C9H9BrN2O2/c10-6-2-1-4-8-9(12(13)14)5-3-7-11-8/h1,3-5,7H,2,6H2. The molecule has 0 bridgehead atoms. The molecule has 0 amide bonds. The van der Waals surface area contributed by atoms with Crippen molar-refractivity contribution in [2.24, 2.45) is 0 Å². The second-order valence-corrected chi connectivity index (χ2v) is 3.34. The highest BCUT2D eigenvalue weighted by Gasteiger charge is 2.10.